The van der Waals surface area contributed by atoms with Crippen molar-refractivity contribution in [2.24, 2.45) is 0 Å². The second kappa shape index (κ2) is 6.27. The van der Waals surface area contributed by atoms with Gasteiger partial charge in [-0.2, -0.15) is 0 Å². The molecule has 1 atom stereocenters. The number of aliphatic carboxylic acids is 1. The van der Waals surface area contributed by atoms with E-state index in [1.54, 1.807) is 11.4 Å². The van der Waals surface area contributed by atoms with E-state index in [4.69, 9.17) is 0 Å². The number of thiophene rings is 1. The number of carbonyl (C=O) groups is 2. The summed E-state index contributed by atoms with van der Waals surface area (Å²) in [6.07, 6.45) is 2.23. The fourth-order valence-electron chi connectivity index (χ4n) is 2.23. The molecule has 0 radical (unpaired) electrons. The average molecular weight is 323 g/mol. The number of rotatable bonds is 6. The summed E-state index contributed by atoms with van der Waals surface area (Å²) in [5, 5.41) is 14.0. The lowest BCUT2D eigenvalue weighted by atomic mass is 9.96. The van der Waals surface area contributed by atoms with Crippen LogP contribution in [0.3, 0.4) is 0 Å². The van der Waals surface area contributed by atoms with E-state index in [1.165, 1.54) is 29.2 Å². The molecular weight excluding hydrogens is 306 g/mol. The van der Waals surface area contributed by atoms with E-state index < -0.39 is 17.4 Å². The predicted molar refractivity (Wildman–Crippen MR) is 83.0 cm³/mol. The maximum atomic E-state index is 12.2. The third kappa shape index (κ3) is 3.16. The van der Waals surface area contributed by atoms with Crippen LogP contribution in [0.5, 0.6) is 0 Å². The molecule has 8 heteroatoms. The number of carbonyl (C=O) groups excluding carboxylic acids is 1. The molecule has 0 spiro atoms. The van der Waals surface area contributed by atoms with Crippen molar-refractivity contribution >= 4 is 33.4 Å². The highest BCUT2D eigenvalue weighted by atomic mass is 32.1. The van der Waals surface area contributed by atoms with Crippen molar-refractivity contribution in [3.63, 3.8) is 0 Å². The monoisotopic (exact) mass is 323 g/mol. The molecule has 1 unspecified atom stereocenters. The minimum absolute atomic E-state index is 0.260. The van der Waals surface area contributed by atoms with Crippen LogP contribution in [0.4, 0.5) is 0 Å². The minimum atomic E-state index is -1.34. The van der Waals surface area contributed by atoms with Crippen molar-refractivity contribution in [3.05, 3.63) is 28.1 Å². The van der Waals surface area contributed by atoms with Gasteiger partial charge in [0.1, 0.15) is 16.9 Å². The Hall–Kier alpha value is -2.22. The number of hydrogen-bond acceptors (Lipinski definition) is 5. The number of carboxylic acid groups (broad SMARTS) is 1. The van der Waals surface area contributed by atoms with Crippen molar-refractivity contribution in [1.82, 2.24) is 14.9 Å². The normalized spacial score (nSPS) is 13.7. The first-order valence-corrected chi connectivity index (χ1v) is 7.72. The summed E-state index contributed by atoms with van der Waals surface area (Å²) in [6.45, 7) is 3.04. The largest absolute Gasteiger partial charge is 0.480 e. The van der Waals surface area contributed by atoms with Gasteiger partial charge >= 0.3 is 5.97 Å². The Morgan fingerprint density at radius 1 is 1.50 bits per heavy atom. The highest BCUT2D eigenvalue weighted by Gasteiger charge is 2.33. The Bertz CT molecular complexity index is 767. The van der Waals surface area contributed by atoms with Gasteiger partial charge in [0.2, 0.25) is 5.91 Å². The molecule has 118 valence electrons. The number of nitrogens with zero attached hydrogens (tertiary/aromatic N) is 2. The van der Waals surface area contributed by atoms with E-state index in [1.807, 2.05) is 6.92 Å². The molecule has 7 nitrogen and oxygen atoms in total. The Balaban J connectivity index is 2.18. The fourth-order valence-corrected chi connectivity index (χ4v) is 2.95. The van der Waals surface area contributed by atoms with Crippen LogP contribution < -0.4 is 10.9 Å². The summed E-state index contributed by atoms with van der Waals surface area (Å²) in [5.74, 6) is -1.63. The van der Waals surface area contributed by atoms with E-state index in [-0.39, 0.29) is 12.1 Å². The molecule has 0 aromatic carbocycles. The van der Waals surface area contributed by atoms with Crippen LogP contribution in [0.2, 0.25) is 0 Å². The van der Waals surface area contributed by atoms with Crippen LogP contribution in [0.15, 0.2) is 22.6 Å². The first kappa shape index (κ1) is 16.2. The van der Waals surface area contributed by atoms with Gasteiger partial charge in [-0.3, -0.25) is 14.2 Å². The van der Waals surface area contributed by atoms with E-state index in [2.05, 4.69) is 10.3 Å². The average Bonchev–Trinajstić information content (AvgIpc) is 2.91. The number of amides is 1. The molecule has 0 saturated carbocycles. The van der Waals surface area contributed by atoms with Gasteiger partial charge in [0.15, 0.2) is 0 Å². The van der Waals surface area contributed by atoms with Crippen molar-refractivity contribution in [2.45, 2.75) is 38.8 Å². The minimum Gasteiger partial charge on any atom is -0.480 e. The molecule has 1 amide bonds. The first-order chi connectivity index (χ1) is 10.4. The molecular formula is C14H17N3O4S. The lowest BCUT2D eigenvalue weighted by molar-refractivity contribution is -0.147. The van der Waals surface area contributed by atoms with Crippen LogP contribution in [0.25, 0.3) is 10.2 Å². The lowest BCUT2D eigenvalue weighted by Crippen LogP contribution is -2.53. The van der Waals surface area contributed by atoms with Gasteiger partial charge in [-0.15, -0.1) is 11.3 Å². The van der Waals surface area contributed by atoms with Crippen LogP contribution in [-0.4, -0.2) is 32.1 Å². The molecule has 22 heavy (non-hydrogen) atoms. The number of aromatic nitrogens is 2. The molecule has 2 rings (SSSR count). The lowest BCUT2D eigenvalue weighted by Gasteiger charge is -2.25. The molecule has 0 fully saturated rings. The van der Waals surface area contributed by atoms with Gasteiger partial charge in [-0.05, 0) is 24.8 Å². The van der Waals surface area contributed by atoms with Crippen molar-refractivity contribution < 1.29 is 14.7 Å². The van der Waals surface area contributed by atoms with E-state index in [0.29, 0.717) is 23.1 Å². The molecule has 0 bridgehead atoms. The quantitative estimate of drug-likeness (QED) is 0.832. The van der Waals surface area contributed by atoms with Crippen LogP contribution in [0, 0.1) is 0 Å². The molecule has 0 saturated heterocycles. The molecule has 2 aromatic heterocycles. The summed E-state index contributed by atoms with van der Waals surface area (Å²) in [4.78, 5) is 40.3. The maximum Gasteiger partial charge on any atom is 0.329 e. The second-order valence-electron chi connectivity index (χ2n) is 5.25. The molecule has 2 heterocycles. The van der Waals surface area contributed by atoms with Gasteiger partial charge in [0.25, 0.3) is 5.56 Å². The summed E-state index contributed by atoms with van der Waals surface area (Å²) >= 11 is 1.35. The third-order valence-corrected chi connectivity index (χ3v) is 4.22. The summed E-state index contributed by atoms with van der Waals surface area (Å²) in [7, 11) is 0. The molecule has 0 aliphatic rings. The van der Waals surface area contributed by atoms with E-state index >= 15 is 0 Å². The van der Waals surface area contributed by atoms with Crippen molar-refractivity contribution in [1.29, 1.82) is 0 Å². The zero-order valence-corrected chi connectivity index (χ0v) is 13.1. The van der Waals surface area contributed by atoms with Crippen LogP contribution in [0.1, 0.15) is 26.7 Å². The number of nitrogens with one attached hydrogen (secondary N) is 1. The molecule has 2 aromatic rings. The molecule has 2 N–H and O–H groups in total. The Labute approximate surface area is 130 Å². The van der Waals surface area contributed by atoms with Crippen molar-refractivity contribution in [3.8, 4) is 0 Å². The number of carboxylic acids is 1. The van der Waals surface area contributed by atoms with Gasteiger partial charge < -0.3 is 10.4 Å². The van der Waals surface area contributed by atoms with Gasteiger partial charge in [0.05, 0.1) is 11.7 Å². The summed E-state index contributed by atoms with van der Waals surface area (Å²) in [6, 6.07) is 1.65. The third-order valence-electron chi connectivity index (χ3n) is 3.40. The highest BCUT2D eigenvalue weighted by molar-refractivity contribution is 7.16. The predicted octanol–water partition coefficient (Wildman–Crippen LogP) is 1.22. The smallest absolute Gasteiger partial charge is 0.329 e. The zero-order valence-electron chi connectivity index (χ0n) is 12.3. The standard InChI is InChI=1S/C14H17N3O4S/c1-3-5-14(2,13(20)21)16-10(18)7-17-8-15-11-9(12(17)19)4-6-22-11/h4,6,8H,3,5,7H2,1-2H3,(H,16,18)(H,20,21). The van der Waals surface area contributed by atoms with Crippen molar-refractivity contribution in [2.75, 3.05) is 0 Å². The Kier molecular flexibility index (Phi) is 4.60. The van der Waals surface area contributed by atoms with Crippen LogP contribution >= 0.6 is 11.3 Å². The van der Waals surface area contributed by atoms with E-state index in [9.17, 15) is 19.5 Å². The second-order valence-corrected chi connectivity index (χ2v) is 6.15. The highest BCUT2D eigenvalue weighted by Crippen LogP contribution is 2.14. The Morgan fingerprint density at radius 2 is 2.23 bits per heavy atom. The summed E-state index contributed by atoms with van der Waals surface area (Å²) < 4.78 is 1.18. The molecule has 0 aliphatic heterocycles. The zero-order chi connectivity index (χ0) is 16.3. The Morgan fingerprint density at radius 3 is 2.86 bits per heavy atom. The van der Waals surface area contributed by atoms with Crippen LogP contribution in [-0.2, 0) is 16.1 Å². The topological polar surface area (TPSA) is 101 Å². The van der Waals surface area contributed by atoms with Gasteiger partial charge in [-0.1, -0.05) is 13.3 Å². The van der Waals surface area contributed by atoms with E-state index in [0.717, 1.165) is 0 Å². The summed E-state index contributed by atoms with van der Waals surface area (Å²) in [5.41, 5.74) is -1.65. The SMILES string of the molecule is CCCC(C)(NC(=O)Cn1cnc2sccc2c1=O)C(=O)O. The van der Waals surface area contributed by atoms with Gasteiger partial charge in [-0.25, -0.2) is 9.78 Å². The molecule has 0 aliphatic carbocycles. The maximum absolute atomic E-state index is 12.2. The fraction of sp³-hybridized carbons (Fsp3) is 0.429. The van der Waals surface area contributed by atoms with Gasteiger partial charge in [0, 0.05) is 0 Å². The number of hydrogen-bond donors (Lipinski definition) is 2. The number of fused-ring (bicyclic) bond motifs is 1. The first-order valence-electron chi connectivity index (χ1n) is 6.84.